The summed E-state index contributed by atoms with van der Waals surface area (Å²) < 4.78 is 10.4. The lowest BCUT2D eigenvalue weighted by Crippen LogP contribution is -2.03. The Balaban J connectivity index is 2.59. The molecular formula is C14H10O5. The number of benzene rings is 2. The SMILES string of the molecule is COc1ccc2oc3c(O)cccc3c(=O)c2c1O. The smallest absolute Gasteiger partial charge is 0.204 e. The van der Waals surface area contributed by atoms with Crippen molar-refractivity contribution in [3.63, 3.8) is 0 Å². The van der Waals surface area contributed by atoms with Crippen molar-refractivity contribution in [2.45, 2.75) is 0 Å². The first-order valence-corrected chi connectivity index (χ1v) is 5.58. The molecule has 0 aliphatic heterocycles. The van der Waals surface area contributed by atoms with E-state index in [2.05, 4.69) is 0 Å². The zero-order chi connectivity index (χ0) is 13.6. The van der Waals surface area contributed by atoms with Crippen molar-refractivity contribution < 1.29 is 19.4 Å². The van der Waals surface area contributed by atoms with E-state index in [0.29, 0.717) is 0 Å². The number of rotatable bonds is 1. The molecule has 0 saturated heterocycles. The molecule has 5 nitrogen and oxygen atoms in total. The summed E-state index contributed by atoms with van der Waals surface area (Å²) in [7, 11) is 1.40. The minimum Gasteiger partial charge on any atom is -0.504 e. The third-order valence-corrected chi connectivity index (χ3v) is 3.00. The molecule has 3 aromatic rings. The first kappa shape index (κ1) is 11.4. The quantitative estimate of drug-likeness (QED) is 0.655. The maximum atomic E-state index is 12.3. The van der Waals surface area contributed by atoms with E-state index in [0.717, 1.165) is 0 Å². The zero-order valence-electron chi connectivity index (χ0n) is 10.0. The fourth-order valence-electron chi connectivity index (χ4n) is 2.08. The number of methoxy groups -OCH3 is 1. The van der Waals surface area contributed by atoms with Crippen LogP contribution in [0.2, 0.25) is 0 Å². The Morgan fingerprint density at radius 1 is 1.16 bits per heavy atom. The van der Waals surface area contributed by atoms with E-state index in [1.807, 2.05) is 0 Å². The van der Waals surface area contributed by atoms with Crippen LogP contribution in [0, 0.1) is 0 Å². The van der Waals surface area contributed by atoms with Gasteiger partial charge in [0.1, 0.15) is 11.0 Å². The van der Waals surface area contributed by atoms with Gasteiger partial charge in [-0.2, -0.15) is 0 Å². The molecule has 1 aromatic heterocycles. The number of fused-ring (bicyclic) bond motifs is 2. The standard InChI is InChI=1S/C14H10O5/c1-18-10-6-5-9-11(13(10)17)12(16)7-3-2-4-8(15)14(7)19-9/h2-6,15,17H,1H3. The van der Waals surface area contributed by atoms with Crippen molar-refractivity contribution in [1.29, 1.82) is 0 Å². The minimum atomic E-state index is -0.413. The van der Waals surface area contributed by atoms with Crippen molar-refractivity contribution in [1.82, 2.24) is 0 Å². The third-order valence-electron chi connectivity index (χ3n) is 3.00. The fourth-order valence-corrected chi connectivity index (χ4v) is 2.08. The fraction of sp³-hybridized carbons (Fsp3) is 0.0714. The molecule has 0 bridgehead atoms. The molecule has 2 aromatic carbocycles. The molecule has 0 amide bonds. The van der Waals surface area contributed by atoms with Crippen LogP contribution in [-0.2, 0) is 0 Å². The first-order valence-electron chi connectivity index (χ1n) is 5.58. The van der Waals surface area contributed by atoms with Gasteiger partial charge in [0, 0.05) is 0 Å². The van der Waals surface area contributed by atoms with Crippen LogP contribution in [-0.4, -0.2) is 17.3 Å². The van der Waals surface area contributed by atoms with E-state index >= 15 is 0 Å². The van der Waals surface area contributed by atoms with Gasteiger partial charge in [0.15, 0.2) is 22.8 Å². The Morgan fingerprint density at radius 3 is 2.68 bits per heavy atom. The largest absolute Gasteiger partial charge is 0.504 e. The van der Waals surface area contributed by atoms with Gasteiger partial charge in [-0.3, -0.25) is 4.79 Å². The second-order valence-electron chi connectivity index (χ2n) is 4.07. The minimum absolute atomic E-state index is 0.0393. The predicted octanol–water partition coefficient (Wildman–Crippen LogP) is 2.37. The highest BCUT2D eigenvalue weighted by atomic mass is 16.5. The van der Waals surface area contributed by atoms with Crippen molar-refractivity contribution in [3.8, 4) is 17.2 Å². The van der Waals surface area contributed by atoms with E-state index in [1.165, 1.54) is 37.4 Å². The molecule has 19 heavy (non-hydrogen) atoms. The Hall–Kier alpha value is -2.69. The lowest BCUT2D eigenvalue weighted by atomic mass is 10.1. The van der Waals surface area contributed by atoms with Crippen LogP contribution in [0.15, 0.2) is 39.5 Å². The molecule has 0 aliphatic rings. The molecule has 2 N–H and O–H groups in total. The Labute approximate surface area is 107 Å². The molecule has 1 heterocycles. The van der Waals surface area contributed by atoms with Crippen LogP contribution in [0.3, 0.4) is 0 Å². The third kappa shape index (κ3) is 1.52. The Bertz CT molecular complexity index is 848. The zero-order valence-corrected chi connectivity index (χ0v) is 10.0. The van der Waals surface area contributed by atoms with Crippen LogP contribution in [0.1, 0.15) is 0 Å². The van der Waals surface area contributed by atoms with Gasteiger partial charge < -0.3 is 19.4 Å². The van der Waals surface area contributed by atoms with E-state index in [9.17, 15) is 15.0 Å². The molecule has 5 heteroatoms. The van der Waals surface area contributed by atoms with Gasteiger partial charge in [0.05, 0.1) is 12.5 Å². The van der Waals surface area contributed by atoms with Crippen LogP contribution >= 0.6 is 0 Å². The molecule has 0 fully saturated rings. The number of ether oxygens (including phenoxy) is 1. The van der Waals surface area contributed by atoms with Gasteiger partial charge in [0.25, 0.3) is 0 Å². The normalized spacial score (nSPS) is 11.0. The van der Waals surface area contributed by atoms with Gasteiger partial charge >= 0.3 is 0 Å². The maximum absolute atomic E-state index is 12.3. The summed E-state index contributed by atoms with van der Waals surface area (Å²) in [6.45, 7) is 0. The number of hydrogen-bond acceptors (Lipinski definition) is 5. The van der Waals surface area contributed by atoms with E-state index in [1.54, 1.807) is 0 Å². The summed E-state index contributed by atoms with van der Waals surface area (Å²) in [6.07, 6.45) is 0. The van der Waals surface area contributed by atoms with Crippen molar-refractivity contribution in [2.75, 3.05) is 7.11 Å². The number of para-hydroxylation sites is 1. The number of hydrogen-bond donors (Lipinski definition) is 2. The van der Waals surface area contributed by atoms with Gasteiger partial charge in [0.2, 0.25) is 5.43 Å². The van der Waals surface area contributed by atoms with E-state index in [-0.39, 0.29) is 39.2 Å². The second kappa shape index (κ2) is 3.91. The highest BCUT2D eigenvalue weighted by Crippen LogP contribution is 2.35. The van der Waals surface area contributed by atoms with Gasteiger partial charge in [-0.05, 0) is 24.3 Å². The van der Waals surface area contributed by atoms with E-state index < -0.39 is 5.43 Å². The van der Waals surface area contributed by atoms with Gasteiger partial charge in [-0.1, -0.05) is 6.07 Å². The number of aromatic hydroxyl groups is 2. The summed E-state index contributed by atoms with van der Waals surface area (Å²) in [5, 5.41) is 20.0. The van der Waals surface area contributed by atoms with Crippen molar-refractivity contribution in [3.05, 3.63) is 40.6 Å². The van der Waals surface area contributed by atoms with Crippen molar-refractivity contribution in [2.24, 2.45) is 0 Å². The summed E-state index contributed by atoms with van der Waals surface area (Å²) >= 11 is 0. The molecule has 96 valence electrons. The van der Waals surface area contributed by atoms with Crippen LogP contribution in [0.5, 0.6) is 17.2 Å². The monoisotopic (exact) mass is 258 g/mol. The van der Waals surface area contributed by atoms with Crippen LogP contribution in [0.25, 0.3) is 21.9 Å². The van der Waals surface area contributed by atoms with Gasteiger partial charge in [-0.25, -0.2) is 0 Å². The molecule has 3 rings (SSSR count). The van der Waals surface area contributed by atoms with Gasteiger partial charge in [-0.15, -0.1) is 0 Å². The molecular weight excluding hydrogens is 248 g/mol. The van der Waals surface area contributed by atoms with Crippen LogP contribution in [0.4, 0.5) is 0 Å². The molecule has 0 unspecified atom stereocenters. The Morgan fingerprint density at radius 2 is 1.95 bits per heavy atom. The Kier molecular flexibility index (Phi) is 2.35. The lowest BCUT2D eigenvalue weighted by Gasteiger charge is -2.07. The molecule has 0 spiro atoms. The highest BCUT2D eigenvalue weighted by molar-refractivity contribution is 5.96. The molecule has 0 atom stereocenters. The summed E-state index contributed by atoms with van der Waals surface area (Å²) in [5.74, 6) is -0.190. The molecule has 0 saturated carbocycles. The average molecular weight is 258 g/mol. The lowest BCUT2D eigenvalue weighted by molar-refractivity contribution is 0.376. The first-order chi connectivity index (χ1) is 9.13. The number of phenolic OH excluding ortho intramolecular Hbond substituents is 2. The average Bonchev–Trinajstić information content (AvgIpc) is 2.40. The highest BCUT2D eigenvalue weighted by Gasteiger charge is 2.16. The van der Waals surface area contributed by atoms with Crippen molar-refractivity contribution >= 4 is 21.9 Å². The topological polar surface area (TPSA) is 79.9 Å². The second-order valence-corrected chi connectivity index (χ2v) is 4.07. The molecule has 0 aliphatic carbocycles. The number of phenols is 2. The summed E-state index contributed by atoms with van der Waals surface area (Å²) in [5.41, 5.74) is -0.120. The maximum Gasteiger partial charge on any atom is 0.204 e. The predicted molar refractivity (Wildman–Crippen MR) is 69.9 cm³/mol. The summed E-state index contributed by atoms with van der Waals surface area (Å²) in [4.78, 5) is 12.3. The van der Waals surface area contributed by atoms with Crippen LogP contribution < -0.4 is 10.2 Å². The van der Waals surface area contributed by atoms with E-state index in [4.69, 9.17) is 9.15 Å². The summed E-state index contributed by atoms with van der Waals surface area (Å²) in [6, 6.07) is 7.50. The molecule has 0 radical (unpaired) electrons.